The van der Waals surface area contributed by atoms with Crippen molar-refractivity contribution in [1.29, 1.82) is 0 Å². The molecule has 1 aliphatic rings. The monoisotopic (exact) mass is 269 g/mol. The minimum atomic E-state index is -0.413. The largest absolute Gasteiger partial charge is 0.346 e. The fourth-order valence-electron chi connectivity index (χ4n) is 2.43. The zero-order chi connectivity index (χ0) is 14.6. The summed E-state index contributed by atoms with van der Waals surface area (Å²) >= 11 is 0. The van der Waals surface area contributed by atoms with Crippen LogP contribution in [-0.2, 0) is 9.59 Å². The quantitative estimate of drug-likeness (QED) is 0.816. The van der Waals surface area contributed by atoms with Crippen molar-refractivity contribution in [2.24, 2.45) is 17.6 Å². The standard InChI is InChI=1S/C14H27N3O2/c1-10(2)13(15)14(19)17-7-5-6-12(9-17)8-16(4)11(3)18/h10,12-13H,5-9,15H2,1-4H3/t12-,13-/m0/s1. The Labute approximate surface area is 116 Å². The Kier molecular flexibility index (Phi) is 5.79. The van der Waals surface area contributed by atoms with E-state index in [0.29, 0.717) is 5.92 Å². The third-order valence-corrected chi connectivity index (χ3v) is 3.90. The first-order valence-electron chi connectivity index (χ1n) is 7.09. The molecular formula is C14H27N3O2. The first-order chi connectivity index (χ1) is 8.82. The molecule has 0 radical (unpaired) electrons. The molecule has 2 amide bonds. The summed E-state index contributed by atoms with van der Waals surface area (Å²) in [5.74, 6) is 0.645. The minimum Gasteiger partial charge on any atom is -0.346 e. The van der Waals surface area contributed by atoms with Crippen LogP contribution in [0.3, 0.4) is 0 Å². The highest BCUT2D eigenvalue weighted by molar-refractivity contribution is 5.82. The average molecular weight is 269 g/mol. The van der Waals surface area contributed by atoms with E-state index >= 15 is 0 Å². The maximum absolute atomic E-state index is 12.2. The molecule has 19 heavy (non-hydrogen) atoms. The molecule has 0 aromatic carbocycles. The molecule has 2 atom stereocenters. The van der Waals surface area contributed by atoms with Gasteiger partial charge in [-0.15, -0.1) is 0 Å². The Bertz CT molecular complexity index is 331. The predicted molar refractivity (Wildman–Crippen MR) is 75.4 cm³/mol. The van der Waals surface area contributed by atoms with Gasteiger partial charge in [0.2, 0.25) is 11.8 Å². The average Bonchev–Trinajstić information content (AvgIpc) is 2.37. The summed E-state index contributed by atoms with van der Waals surface area (Å²) in [5.41, 5.74) is 5.93. The number of rotatable bonds is 4. The molecule has 1 rings (SSSR count). The molecule has 5 heteroatoms. The van der Waals surface area contributed by atoms with Gasteiger partial charge in [0.25, 0.3) is 0 Å². The number of piperidine rings is 1. The Morgan fingerprint density at radius 2 is 2.05 bits per heavy atom. The van der Waals surface area contributed by atoms with Gasteiger partial charge >= 0.3 is 0 Å². The van der Waals surface area contributed by atoms with Crippen LogP contribution in [0.2, 0.25) is 0 Å². The van der Waals surface area contributed by atoms with Crippen molar-refractivity contribution in [2.45, 2.75) is 39.7 Å². The molecule has 2 N–H and O–H groups in total. The SMILES string of the molecule is CC(=O)N(C)C[C@@H]1CCCN(C(=O)[C@@H](N)C(C)C)C1. The summed E-state index contributed by atoms with van der Waals surface area (Å²) in [7, 11) is 1.81. The third-order valence-electron chi connectivity index (χ3n) is 3.90. The lowest BCUT2D eigenvalue weighted by Gasteiger charge is -2.36. The summed E-state index contributed by atoms with van der Waals surface area (Å²) in [4.78, 5) is 27.1. The van der Waals surface area contributed by atoms with Crippen LogP contribution in [0, 0.1) is 11.8 Å². The molecule has 0 unspecified atom stereocenters. The number of hydrogen-bond acceptors (Lipinski definition) is 3. The molecule has 1 fully saturated rings. The fraction of sp³-hybridized carbons (Fsp3) is 0.857. The molecule has 1 saturated heterocycles. The van der Waals surface area contributed by atoms with Crippen molar-refractivity contribution in [1.82, 2.24) is 9.80 Å². The van der Waals surface area contributed by atoms with Crippen LogP contribution in [0.25, 0.3) is 0 Å². The molecule has 0 aromatic rings. The van der Waals surface area contributed by atoms with Gasteiger partial charge < -0.3 is 15.5 Å². The van der Waals surface area contributed by atoms with Crippen molar-refractivity contribution >= 4 is 11.8 Å². The summed E-state index contributed by atoms with van der Waals surface area (Å²) < 4.78 is 0. The molecular weight excluding hydrogens is 242 g/mol. The van der Waals surface area contributed by atoms with Crippen LogP contribution in [0.15, 0.2) is 0 Å². The van der Waals surface area contributed by atoms with E-state index in [9.17, 15) is 9.59 Å². The summed E-state index contributed by atoms with van der Waals surface area (Å²) in [6.45, 7) is 7.73. The highest BCUT2D eigenvalue weighted by Crippen LogP contribution is 2.19. The highest BCUT2D eigenvalue weighted by Gasteiger charge is 2.29. The number of nitrogens with zero attached hydrogens (tertiary/aromatic N) is 2. The number of nitrogens with two attached hydrogens (primary N) is 1. The van der Waals surface area contributed by atoms with Crippen molar-refractivity contribution in [3.8, 4) is 0 Å². The second-order valence-electron chi connectivity index (χ2n) is 5.96. The Morgan fingerprint density at radius 3 is 2.58 bits per heavy atom. The van der Waals surface area contributed by atoms with Crippen molar-refractivity contribution in [3.63, 3.8) is 0 Å². The highest BCUT2D eigenvalue weighted by atomic mass is 16.2. The van der Waals surface area contributed by atoms with Gasteiger partial charge in [-0.3, -0.25) is 9.59 Å². The van der Waals surface area contributed by atoms with Crippen LogP contribution in [0.4, 0.5) is 0 Å². The fourth-order valence-corrected chi connectivity index (χ4v) is 2.43. The maximum Gasteiger partial charge on any atom is 0.239 e. The maximum atomic E-state index is 12.2. The van der Waals surface area contributed by atoms with Crippen LogP contribution >= 0.6 is 0 Å². The number of carbonyl (C=O) groups is 2. The molecule has 0 saturated carbocycles. The lowest BCUT2D eigenvalue weighted by Crippen LogP contribution is -2.51. The van der Waals surface area contributed by atoms with E-state index in [1.54, 1.807) is 11.8 Å². The second kappa shape index (κ2) is 6.89. The van der Waals surface area contributed by atoms with Crippen LogP contribution in [0.5, 0.6) is 0 Å². The van der Waals surface area contributed by atoms with E-state index in [2.05, 4.69) is 0 Å². The van der Waals surface area contributed by atoms with E-state index in [1.165, 1.54) is 0 Å². The normalized spacial score (nSPS) is 21.4. The minimum absolute atomic E-state index is 0.0465. The van der Waals surface area contributed by atoms with Gasteiger partial charge in [-0.05, 0) is 24.7 Å². The summed E-state index contributed by atoms with van der Waals surface area (Å²) in [5, 5.41) is 0. The van der Waals surface area contributed by atoms with Gasteiger partial charge in [0.05, 0.1) is 6.04 Å². The first-order valence-corrected chi connectivity index (χ1v) is 7.09. The van der Waals surface area contributed by atoms with Crippen LogP contribution < -0.4 is 5.73 Å². The lowest BCUT2D eigenvalue weighted by molar-refractivity contribution is -0.135. The lowest BCUT2D eigenvalue weighted by atomic mass is 9.95. The molecule has 0 spiro atoms. The smallest absolute Gasteiger partial charge is 0.239 e. The molecule has 1 heterocycles. The summed E-state index contributed by atoms with van der Waals surface area (Å²) in [6, 6.07) is -0.413. The van der Waals surface area contributed by atoms with Gasteiger partial charge in [-0.25, -0.2) is 0 Å². The number of hydrogen-bond donors (Lipinski definition) is 1. The molecule has 110 valence electrons. The topological polar surface area (TPSA) is 66.6 Å². The molecule has 0 aliphatic carbocycles. The Morgan fingerprint density at radius 1 is 1.42 bits per heavy atom. The Balaban J connectivity index is 2.54. The second-order valence-corrected chi connectivity index (χ2v) is 5.96. The Hall–Kier alpha value is -1.10. The van der Waals surface area contributed by atoms with E-state index in [4.69, 9.17) is 5.73 Å². The van der Waals surface area contributed by atoms with Crippen molar-refractivity contribution < 1.29 is 9.59 Å². The van der Waals surface area contributed by atoms with E-state index in [0.717, 1.165) is 32.5 Å². The summed E-state index contributed by atoms with van der Waals surface area (Å²) in [6.07, 6.45) is 2.06. The van der Waals surface area contributed by atoms with Crippen LogP contribution in [0.1, 0.15) is 33.6 Å². The zero-order valence-electron chi connectivity index (χ0n) is 12.6. The molecule has 0 aromatic heterocycles. The van der Waals surface area contributed by atoms with E-state index in [1.807, 2.05) is 25.8 Å². The van der Waals surface area contributed by atoms with Crippen molar-refractivity contribution in [3.05, 3.63) is 0 Å². The van der Waals surface area contributed by atoms with E-state index in [-0.39, 0.29) is 17.7 Å². The van der Waals surface area contributed by atoms with Crippen LogP contribution in [-0.4, -0.2) is 54.3 Å². The predicted octanol–water partition coefficient (Wildman–Crippen LogP) is 0.687. The first kappa shape index (κ1) is 16.0. The molecule has 5 nitrogen and oxygen atoms in total. The zero-order valence-corrected chi connectivity index (χ0v) is 12.6. The van der Waals surface area contributed by atoms with Gasteiger partial charge in [-0.1, -0.05) is 13.8 Å². The van der Waals surface area contributed by atoms with E-state index < -0.39 is 6.04 Å². The van der Waals surface area contributed by atoms with Crippen molar-refractivity contribution in [2.75, 3.05) is 26.7 Å². The number of likely N-dealkylation sites (tertiary alicyclic amines) is 1. The molecule has 1 aliphatic heterocycles. The van der Waals surface area contributed by atoms with Gasteiger partial charge in [0.15, 0.2) is 0 Å². The van der Waals surface area contributed by atoms with Gasteiger partial charge in [-0.2, -0.15) is 0 Å². The van der Waals surface area contributed by atoms with Gasteiger partial charge in [0, 0.05) is 33.6 Å². The number of carbonyl (C=O) groups excluding carboxylic acids is 2. The number of amides is 2. The van der Waals surface area contributed by atoms with Gasteiger partial charge in [0.1, 0.15) is 0 Å². The third kappa shape index (κ3) is 4.49. The molecule has 0 bridgehead atoms.